The Morgan fingerprint density at radius 1 is 1.22 bits per heavy atom. The Labute approximate surface area is 110 Å². The van der Waals surface area contributed by atoms with Crippen molar-refractivity contribution in [3.05, 3.63) is 35.9 Å². The number of ketones is 1. The second kappa shape index (κ2) is 5.23. The molecular weight excluding hydrogens is 222 g/mol. The summed E-state index contributed by atoms with van der Waals surface area (Å²) in [5.41, 5.74) is 1.49. The predicted octanol–water partition coefficient (Wildman–Crippen LogP) is 3.27. The van der Waals surface area contributed by atoms with Gasteiger partial charge in [0.2, 0.25) is 0 Å². The summed E-state index contributed by atoms with van der Waals surface area (Å²) in [5, 5.41) is 0. The van der Waals surface area contributed by atoms with Gasteiger partial charge < -0.3 is 0 Å². The summed E-state index contributed by atoms with van der Waals surface area (Å²) < 4.78 is 0. The molecule has 1 atom stereocenters. The molecule has 1 heterocycles. The van der Waals surface area contributed by atoms with Crippen LogP contribution in [0.4, 0.5) is 0 Å². The van der Waals surface area contributed by atoms with Crippen molar-refractivity contribution in [3.8, 4) is 0 Å². The fourth-order valence-electron chi connectivity index (χ4n) is 2.73. The zero-order chi connectivity index (χ0) is 13.2. The SMILES string of the molecule is CC(C)(C)C1CC(=O)CCN1Cc1ccccc1. The molecule has 2 heteroatoms. The second-order valence-electron chi connectivity index (χ2n) is 6.33. The van der Waals surface area contributed by atoms with E-state index in [1.54, 1.807) is 0 Å². The van der Waals surface area contributed by atoms with Gasteiger partial charge in [0.05, 0.1) is 0 Å². The number of benzene rings is 1. The molecule has 0 N–H and O–H groups in total. The quantitative estimate of drug-likeness (QED) is 0.797. The monoisotopic (exact) mass is 245 g/mol. The highest BCUT2D eigenvalue weighted by molar-refractivity contribution is 5.80. The van der Waals surface area contributed by atoms with E-state index in [0.29, 0.717) is 24.7 Å². The average molecular weight is 245 g/mol. The van der Waals surface area contributed by atoms with Crippen molar-refractivity contribution >= 4 is 5.78 Å². The molecule has 0 saturated carbocycles. The largest absolute Gasteiger partial charge is 0.300 e. The van der Waals surface area contributed by atoms with Crippen LogP contribution in [0.25, 0.3) is 0 Å². The lowest BCUT2D eigenvalue weighted by Gasteiger charge is -2.42. The third-order valence-electron chi connectivity index (χ3n) is 3.77. The lowest BCUT2D eigenvalue weighted by atomic mass is 9.80. The highest BCUT2D eigenvalue weighted by Gasteiger charge is 2.35. The predicted molar refractivity (Wildman–Crippen MR) is 74.3 cm³/mol. The van der Waals surface area contributed by atoms with Crippen molar-refractivity contribution in [2.45, 2.75) is 46.2 Å². The average Bonchev–Trinajstić information content (AvgIpc) is 2.31. The minimum absolute atomic E-state index is 0.158. The maximum atomic E-state index is 11.7. The van der Waals surface area contributed by atoms with Crippen LogP contribution >= 0.6 is 0 Å². The zero-order valence-corrected chi connectivity index (χ0v) is 11.6. The number of piperidine rings is 1. The van der Waals surface area contributed by atoms with E-state index >= 15 is 0 Å². The first-order valence-corrected chi connectivity index (χ1v) is 6.76. The first-order valence-electron chi connectivity index (χ1n) is 6.76. The minimum atomic E-state index is 0.158. The first-order chi connectivity index (χ1) is 8.47. The van der Waals surface area contributed by atoms with E-state index in [0.717, 1.165) is 13.1 Å². The molecule has 1 aromatic rings. The van der Waals surface area contributed by atoms with E-state index in [9.17, 15) is 4.79 Å². The van der Waals surface area contributed by atoms with Crippen molar-refractivity contribution < 1.29 is 4.79 Å². The van der Waals surface area contributed by atoms with Gasteiger partial charge in [-0.3, -0.25) is 9.69 Å². The summed E-state index contributed by atoms with van der Waals surface area (Å²) in [6.45, 7) is 8.54. The van der Waals surface area contributed by atoms with Crippen LogP contribution in [-0.4, -0.2) is 23.3 Å². The van der Waals surface area contributed by atoms with Gasteiger partial charge in [-0.25, -0.2) is 0 Å². The maximum Gasteiger partial charge on any atom is 0.135 e. The van der Waals surface area contributed by atoms with Crippen molar-refractivity contribution in [3.63, 3.8) is 0 Å². The third kappa shape index (κ3) is 3.20. The molecule has 1 fully saturated rings. The molecule has 1 unspecified atom stereocenters. The Balaban J connectivity index is 2.12. The van der Waals surface area contributed by atoms with E-state index in [1.807, 2.05) is 6.07 Å². The van der Waals surface area contributed by atoms with Crippen LogP contribution in [0.15, 0.2) is 30.3 Å². The summed E-state index contributed by atoms with van der Waals surface area (Å²) in [4.78, 5) is 14.2. The molecule has 18 heavy (non-hydrogen) atoms. The number of carbonyl (C=O) groups is 1. The number of rotatable bonds is 2. The molecule has 0 amide bonds. The van der Waals surface area contributed by atoms with Gasteiger partial charge in [-0.15, -0.1) is 0 Å². The van der Waals surface area contributed by atoms with Gasteiger partial charge in [0.25, 0.3) is 0 Å². The standard InChI is InChI=1S/C16H23NO/c1-16(2,3)15-11-14(18)9-10-17(15)12-13-7-5-4-6-8-13/h4-8,15H,9-12H2,1-3H3. The number of hydrogen-bond donors (Lipinski definition) is 0. The molecule has 0 radical (unpaired) electrons. The van der Waals surface area contributed by atoms with Crippen LogP contribution in [0.3, 0.4) is 0 Å². The summed E-state index contributed by atoms with van der Waals surface area (Å²) in [6.07, 6.45) is 1.41. The number of Topliss-reactive ketones (excluding diaryl/α,β-unsaturated/α-hetero) is 1. The van der Waals surface area contributed by atoms with Gasteiger partial charge in [-0.2, -0.15) is 0 Å². The smallest absolute Gasteiger partial charge is 0.135 e. The summed E-state index contributed by atoms with van der Waals surface area (Å²) in [5.74, 6) is 0.416. The molecule has 0 aromatic heterocycles. The van der Waals surface area contributed by atoms with Crippen molar-refractivity contribution in [1.82, 2.24) is 4.90 Å². The van der Waals surface area contributed by atoms with E-state index in [2.05, 4.69) is 49.9 Å². The minimum Gasteiger partial charge on any atom is -0.300 e. The summed E-state index contributed by atoms with van der Waals surface area (Å²) in [6, 6.07) is 10.9. The third-order valence-corrected chi connectivity index (χ3v) is 3.77. The van der Waals surface area contributed by atoms with Crippen LogP contribution in [0.1, 0.15) is 39.2 Å². The molecule has 1 saturated heterocycles. The molecule has 1 aromatic carbocycles. The highest BCUT2D eigenvalue weighted by Crippen LogP contribution is 2.31. The summed E-state index contributed by atoms with van der Waals surface area (Å²) in [7, 11) is 0. The molecule has 0 spiro atoms. The van der Waals surface area contributed by atoms with Crippen LogP contribution in [0, 0.1) is 5.41 Å². The Morgan fingerprint density at radius 3 is 2.50 bits per heavy atom. The Morgan fingerprint density at radius 2 is 1.89 bits per heavy atom. The number of likely N-dealkylation sites (tertiary alicyclic amines) is 1. The van der Waals surface area contributed by atoms with Gasteiger partial charge in [-0.1, -0.05) is 51.1 Å². The molecule has 0 bridgehead atoms. The van der Waals surface area contributed by atoms with Crippen LogP contribution in [0.5, 0.6) is 0 Å². The number of nitrogens with zero attached hydrogens (tertiary/aromatic N) is 1. The van der Waals surface area contributed by atoms with Crippen molar-refractivity contribution in [1.29, 1.82) is 0 Å². The normalized spacial score (nSPS) is 22.2. The van der Waals surface area contributed by atoms with Crippen molar-refractivity contribution in [2.24, 2.45) is 5.41 Å². The zero-order valence-electron chi connectivity index (χ0n) is 11.6. The van der Waals surface area contributed by atoms with Gasteiger partial charge in [0, 0.05) is 32.0 Å². The molecule has 2 nitrogen and oxygen atoms in total. The van der Waals surface area contributed by atoms with Crippen molar-refractivity contribution in [2.75, 3.05) is 6.54 Å². The van der Waals surface area contributed by atoms with E-state index in [-0.39, 0.29) is 5.41 Å². The molecule has 1 aliphatic rings. The van der Waals surface area contributed by atoms with Gasteiger partial charge in [0.15, 0.2) is 0 Å². The molecular formula is C16H23NO. The van der Waals surface area contributed by atoms with Crippen LogP contribution < -0.4 is 0 Å². The fraction of sp³-hybridized carbons (Fsp3) is 0.562. The van der Waals surface area contributed by atoms with Gasteiger partial charge in [-0.05, 0) is 11.0 Å². The number of hydrogen-bond acceptors (Lipinski definition) is 2. The topological polar surface area (TPSA) is 20.3 Å². The molecule has 0 aliphatic carbocycles. The molecule has 98 valence electrons. The van der Waals surface area contributed by atoms with Gasteiger partial charge in [0.1, 0.15) is 5.78 Å². The van der Waals surface area contributed by atoms with E-state index in [1.165, 1.54) is 5.56 Å². The van der Waals surface area contributed by atoms with Crippen LogP contribution in [-0.2, 0) is 11.3 Å². The lowest BCUT2D eigenvalue weighted by molar-refractivity contribution is -0.125. The number of carbonyl (C=O) groups excluding carboxylic acids is 1. The Bertz CT molecular complexity index is 405. The van der Waals surface area contributed by atoms with Crippen LogP contribution in [0.2, 0.25) is 0 Å². The lowest BCUT2D eigenvalue weighted by Crippen LogP contribution is -2.49. The fourth-order valence-corrected chi connectivity index (χ4v) is 2.73. The Hall–Kier alpha value is -1.15. The second-order valence-corrected chi connectivity index (χ2v) is 6.33. The maximum absolute atomic E-state index is 11.7. The van der Waals surface area contributed by atoms with E-state index < -0.39 is 0 Å². The first kappa shape index (κ1) is 13.3. The summed E-state index contributed by atoms with van der Waals surface area (Å²) >= 11 is 0. The van der Waals surface area contributed by atoms with Gasteiger partial charge >= 0.3 is 0 Å². The molecule has 1 aliphatic heterocycles. The highest BCUT2D eigenvalue weighted by atomic mass is 16.1. The van der Waals surface area contributed by atoms with E-state index in [4.69, 9.17) is 0 Å². The molecule has 2 rings (SSSR count). The Kier molecular flexibility index (Phi) is 3.86.